The molecular weight excluding hydrogens is 218 g/mol. The van der Waals surface area contributed by atoms with Gasteiger partial charge in [-0.3, -0.25) is 0 Å². The second-order valence-corrected chi connectivity index (χ2v) is 4.72. The van der Waals surface area contributed by atoms with Crippen LogP contribution in [0, 0.1) is 0 Å². The van der Waals surface area contributed by atoms with Crippen LogP contribution in [0.5, 0.6) is 11.5 Å². The zero-order valence-electron chi connectivity index (χ0n) is 10.0. The third-order valence-corrected chi connectivity index (χ3v) is 3.18. The summed E-state index contributed by atoms with van der Waals surface area (Å²) in [7, 11) is 0. The molecule has 2 aromatic carbocycles. The molecule has 0 amide bonds. The molecule has 0 aromatic heterocycles. The van der Waals surface area contributed by atoms with Gasteiger partial charge in [-0.15, -0.1) is 0 Å². The highest BCUT2D eigenvalue weighted by atomic mass is 16.3. The van der Waals surface area contributed by atoms with Crippen molar-refractivity contribution in [3.8, 4) is 11.5 Å². The molecule has 2 heteroatoms. The smallest absolute Gasteiger partial charge is 0.115 e. The van der Waals surface area contributed by atoms with Gasteiger partial charge in [-0.25, -0.2) is 0 Å². The molecule has 0 aliphatic heterocycles. The minimum absolute atomic E-state index is 0.151. The lowest BCUT2D eigenvalue weighted by Gasteiger charge is -2.26. The average molecular weight is 234 g/mol. The Bertz CT molecular complexity index is 448. The van der Waals surface area contributed by atoms with Gasteiger partial charge in [0.15, 0.2) is 0 Å². The molecule has 0 aliphatic rings. The Balaban J connectivity index is 2.41. The van der Waals surface area contributed by atoms with Gasteiger partial charge in [-0.1, -0.05) is 38.1 Å². The molecule has 0 fully saturated rings. The number of aromatic hydroxyl groups is 2. The lowest BCUT2D eigenvalue weighted by atomic mass is 10.1. The van der Waals surface area contributed by atoms with Crippen molar-refractivity contribution in [3.63, 3.8) is 0 Å². The van der Waals surface area contributed by atoms with Crippen LogP contribution in [0.2, 0.25) is 0 Å². The van der Waals surface area contributed by atoms with Gasteiger partial charge in [-0.05, 0) is 35.4 Å². The highest BCUT2D eigenvalue weighted by Crippen LogP contribution is 2.32. The Kier molecular flexibility index (Phi) is 2.80. The number of benzene rings is 2. The van der Waals surface area contributed by atoms with Crippen molar-refractivity contribution in [1.82, 2.24) is 0 Å². The molecule has 2 aromatic rings. The van der Waals surface area contributed by atoms with Crippen molar-refractivity contribution >= 4 is 0 Å². The lowest BCUT2D eigenvalue weighted by molar-refractivity contribution is 0.474. The molecule has 88 valence electrons. The number of hydrogen-bond donors (Lipinski definition) is 2. The van der Waals surface area contributed by atoms with Crippen LogP contribution in [-0.4, -0.2) is 10.2 Å². The van der Waals surface area contributed by atoms with Gasteiger partial charge in [0.2, 0.25) is 0 Å². The third-order valence-electron chi connectivity index (χ3n) is 3.18. The monoisotopic (exact) mass is 234 g/mol. The SMILES string of the molecule is CC(C)([13c]1ccc(O)[13cH][13cH]1)[13c]1ccc(O)[13cH][13cH]1. The summed E-state index contributed by atoms with van der Waals surface area (Å²) in [5.74, 6) is 0.547. The molecule has 0 atom stereocenters. The topological polar surface area (TPSA) is 40.5 Å². The Hall–Kier alpha value is -1.96. The maximum atomic E-state index is 9.30. The lowest BCUT2D eigenvalue weighted by Crippen LogP contribution is -2.18. The Labute approximate surface area is 101 Å². The zero-order chi connectivity index (χ0) is 12.5. The van der Waals surface area contributed by atoms with Crippen LogP contribution in [0.25, 0.3) is 0 Å². The second kappa shape index (κ2) is 4.13. The Morgan fingerprint density at radius 3 is 1.24 bits per heavy atom. The van der Waals surface area contributed by atoms with E-state index in [1.54, 1.807) is 24.3 Å². The van der Waals surface area contributed by atoms with E-state index in [4.69, 9.17) is 0 Å². The van der Waals surface area contributed by atoms with E-state index in [1.807, 2.05) is 24.3 Å². The predicted molar refractivity (Wildman–Crippen MR) is 68.3 cm³/mol. The molecule has 0 heterocycles. The van der Waals surface area contributed by atoms with Crippen molar-refractivity contribution in [2.45, 2.75) is 19.3 Å². The van der Waals surface area contributed by atoms with Crippen molar-refractivity contribution < 1.29 is 10.2 Å². The number of rotatable bonds is 2. The van der Waals surface area contributed by atoms with Crippen molar-refractivity contribution in [1.29, 1.82) is 0 Å². The Morgan fingerprint density at radius 1 is 0.647 bits per heavy atom. The molecule has 0 saturated carbocycles. The molecule has 2 N–H and O–H groups in total. The molecule has 2 rings (SSSR count). The normalized spacial score (nSPS) is 11.4. The van der Waals surface area contributed by atoms with Gasteiger partial charge in [0.1, 0.15) is 11.5 Å². The molecular formula is C15H16O2. The van der Waals surface area contributed by atoms with Crippen molar-refractivity contribution in [2.75, 3.05) is 0 Å². The maximum absolute atomic E-state index is 9.30. The largest absolute Gasteiger partial charge is 0.508 e. The number of hydrogen-bond acceptors (Lipinski definition) is 2. The molecule has 0 saturated heterocycles. The second-order valence-electron chi connectivity index (χ2n) is 4.72. The fourth-order valence-electron chi connectivity index (χ4n) is 1.92. The van der Waals surface area contributed by atoms with Crippen LogP contribution >= 0.6 is 0 Å². The van der Waals surface area contributed by atoms with E-state index in [1.165, 1.54) is 0 Å². The molecule has 0 radical (unpaired) electrons. The van der Waals surface area contributed by atoms with Crippen molar-refractivity contribution in [2.24, 2.45) is 0 Å². The highest BCUT2D eigenvalue weighted by molar-refractivity contribution is 5.41. The first-order valence-electron chi connectivity index (χ1n) is 5.59. The third kappa shape index (κ3) is 2.26. The fourth-order valence-corrected chi connectivity index (χ4v) is 1.92. The van der Waals surface area contributed by atoms with Crippen LogP contribution in [0.1, 0.15) is 25.0 Å². The number of phenols is 2. The average Bonchev–Trinajstić information content (AvgIpc) is 2.30. The summed E-state index contributed by atoms with van der Waals surface area (Å²) < 4.78 is 0. The van der Waals surface area contributed by atoms with Crippen LogP contribution in [0.4, 0.5) is 0 Å². The first kappa shape index (κ1) is 11.5. The number of phenolic OH excluding ortho intramolecular Hbond substituents is 2. The van der Waals surface area contributed by atoms with Crippen LogP contribution in [0.3, 0.4) is 0 Å². The molecule has 0 unspecified atom stereocenters. The highest BCUT2D eigenvalue weighted by Gasteiger charge is 2.22. The van der Waals surface area contributed by atoms with E-state index in [-0.39, 0.29) is 16.9 Å². The van der Waals surface area contributed by atoms with Crippen LogP contribution in [-0.2, 0) is 5.41 Å². The van der Waals surface area contributed by atoms with Gasteiger partial charge in [0.05, 0.1) is 0 Å². The molecule has 2 nitrogen and oxygen atoms in total. The van der Waals surface area contributed by atoms with E-state index in [0.717, 1.165) is 11.1 Å². The summed E-state index contributed by atoms with van der Waals surface area (Å²) in [6.07, 6.45) is 0. The quantitative estimate of drug-likeness (QED) is 0.835. The minimum atomic E-state index is -0.151. The molecule has 0 spiro atoms. The summed E-state index contributed by atoms with van der Waals surface area (Å²) in [6, 6.07) is 14.4. The van der Waals surface area contributed by atoms with Gasteiger partial charge >= 0.3 is 0 Å². The van der Waals surface area contributed by atoms with Crippen LogP contribution in [0.15, 0.2) is 48.5 Å². The summed E-state index contributed by atoms with van der Waals surface area (Å²) >= 11 is 0. The summed E-state index contributed by atoms with van der Waals surface area (Å²) in [6.45, 7) is 4.23. The van der Waals surface area contributed by atoms with Crippen molar-refractivity contribution in [3.05, 3.63) is 59.7 Å². The van der Waals surface area contributed by atoms with E-state index < -0.39 is 0 Å². The fraction of sp³-hybridized carbons (Fsp3) is 0.200. The molecule has 17 heavy (non-hydrogen) atoms. The summed E-state index contributed by atoms with van der Waals surface area (Å²) in [4.78, 5) is 0. The summed E-state index contributed by atoms with van der Waals surface area (Å²) in [5, 5.41) is 18.6. The van der Waals surface area contributed by atoms with E-state index in [2.05, 4.69) is 13.8 Å². The maximum Gasteiger partial charge on any atom is 0.115 e. The van der Waals surface area contributed by atoms with Crippen LogP contribution < -0.4 is 0 Å². The van der Waals surface area contributed by atoms with Gasteiger partial charge in [0.25, 0.3) is 0 Å². The first-order valence-corrected chi connectivity index (χ1v) is 5.59. The zero-order valence-corrected chi connectivity index (χ0v) is 10.0. The molecule has 0 bridgehead atoms. The van der Waals surface area contributed by atoms with Gasteiger partial charge in [0, 0.05) is 5.41 Å². The first-order chi connectivity index (χ1) is 8.00. The molecule has 0 aliphatic carbocycles. The summed E-state index contributed by atoms with van der Waals surface area (Å²) in [5.41, 5.74) is 2.10. The van der Waals surface area contributed by atoms with E-state index in [9.17, 15) is 10.2 Å². The van der Waals surface area contributed by atoms with Gasteiger partial charge < -0.3 is 10.2 Å². The van der Waals surface area contributed by atoms with E-state index in [0.29, 0.717) is 0 Å². The standard InChI is InChI=1S/C15H16O2/c1-15(2,11-3-7-13(16)8-4-11)12-5-9-14(17)10-6-12/h3-10,16-17H,1-2H3/i3+1,5+1,7+1,9+1,11+1,12+1. The Morgan fingerprint density at radius 2 is 0.941 bits per heavy atom. The minimum Gasteiger partial charge on any atom is -0.508 e. The van der Waals surface area contributed by atoms with Gasteiger partial charge in [-0.2, -0.15) is 0 Å². The van der Waals surface area contributed by atoms with E-state index >= 15 is 0 Å². The predicted octanol–water partition coefficient (Wildman–Crippen LogP) is 3.42.